The molecule has 2 amide bonds. The third-order valence-electron chi connectivity index (χ3n) is 14.9. The molecule has 2 aromatic carbocycles. The number of amides is 2. The monoisotopic (exact) mass is 857 g/mol. The van der Waals surface area contributed by atoms with E-state index in [0.29, 0.717) is 40.0 Å². The lowest BCUT2D eigenvalue weighted by molar-refractivity contribution is -0.129. The maximum absolute atomic E-state index is 13.5. The Kier molecular flexibility index (Phi) is 13.3. The first-order valence-electron chi connectivity index (χ1n) is 24.2. The Labute approximate surface area is 373 Å². The molecule has 4 bridgehead atoms. The quantitative estimate of drug-likeness (QED) is 0.0745. The summed E-state index contributed by atoms with van der Waals surface area (Å²) in [6.07, 6.45) is 22.7. The van der Waals surface area contributed by atoms with Gasteiger partial charge in [0.1, 0.15) is 5.75 Å². The topological polar surface area (TPSA) is 134 Å². The summed E-state index contributed by atoms with van der Waals surface area (Å²) in [6, 6.07) is 15.1. The lowest BCUT2D eigenvalue weighted by Gasteiger charge is -2.56. The first kappa shape index (κ1) is 43.3. The summed E-state index contributed by atoms with van der Waals surface area (Å²) in [7, 11) is 1.67. The molecule has 3 heterocycles. The maximum atomic E-state index is 13.5. The number of hydrogen-bond donors (Lipinski definition) is 3. The van der Waals surface area contributed by atoms with Crippen molar-refractivity contribution in [3.63, 3.8) is 0 Å². The summed E-state index contributed by atoms with van der Waals surface area (Å²) in [5.74, 6) is 4.18. The smallest absolute Gasteiger partial charge is 0.257 e. The molecule has 1 saturated heterocycles. The molecule has 63 heavy (non-hydrogen) atoms. The fourth-order valence-corrected chi connectivity index (χ4v) is 11.9. The van der Waals surface area contributed by atoms with Crippen LogP contribution in [0, 0.1) is 36.0 Å². The van der Waals surface area contributed by atoms with Crippen molar-refractivity contribution >= 4 is 45.9 Å². The highest BCUT2D eigenvalue weighted by Crippen LogP contribution is 2.61. The average molecular weight is 857 g/mol. The number of unbranched alkanes of at least 4 members (excludes halogenated alkanes) is 7. The SMILES string of the molecule is COc1cc(N2CCN(CCCCCCCCCCNC(=O)CC34CC5CC(CC(C5)C3)C4)CC2)ccc1Nc1ncc2c(C)cc(=O)n(-c3cccc(NC(=O)C4CC4)c3)c2n1. The zero-order valence-corrected chi connectivity index (χ0v) is 37.6. The maximum Gasteiger partial charge on any atom is 0.257 e. The highest BCUT2D eigenvalue weighted by Gasteiger charge is 2.51. The van der Waals surface area contributed by atoms with Gasteiger partial charge >= 0.3 is 0 Å². The number of methoxy groups -OCH3 is 1. The molecular formula is C51H68N8O4. The van der Waals surface area contributed by atoms with Gasteiger partial charge in [-0.05, 0) is 137 Å². The molecule has 6 aliphatic rings. The summed E-state index contributed by atoms with van der Waals surface area (Å²) in [4.78, 5) is 53.2. The van der Waals surface area contributed by atoms with E-state index in [4.69, 9.17) is 9.72 Å². The number of nitrogens with one attached hydrogen (secondary N) is 3. The van der Waals surface area contributed by atoms with E-state index < -0.39 is 0 Å². The van der Waals surface area contributed by atoms with E-state index in [9.17, 15) is 14.4 Å². The van der Waals surface area contributed by atoms with E-state index in [1.807, 2.05) is 37.3 Å². The number of nitrogens with zero attached hydrogens (tertiary/aromatic N) is 5. The predicted molar refractivity (Wildman–Crippen MR) is 251 cm³/mol. The molecule has 0 radical (unpaired) electrons. The van der Waals surface area contributed by atoms with Crippen molar-refractivity contribution in [2.45, 2.75) is 116 Å². The van der Waals surface area contributed by atoms with Gasteiger partial charge < -0.3 is 25.6 Å². The third kappa shape index (κ3) is 10.5. The Hall–Kier alpha value is -4.97. The second-order valence-electron chi connectivity index (χ2n) is 19.9. The number of piperazine rings is 1. The van der Waals surface area contributed by atoms with Crippen LogP contribution in [0.3, 0.4) is 0 Å². The normalized spacial score (nSPS) is 23.0. The lowest BCUT2D eigenvalue weighted by Crippen LogP contribution is -2.48. The van der Waals surface area contributed by atoms with E-state index in [1.54, 1.807) is 23.9 Å². The van der Waals surface area contributed by atoms with Gasteiger partial charge in [0.2, 0.25) is 17.8 Å². The van der Waals surface area contributed by atoms with Crippen LogP contribution in [0.15, 0.2) is 59.5 Å². The Bertz CT molecular complexity index is 2280. The van der Waals surface area contributed by atoms with E-state index in [1.165, 1.54) is 83.5 Å². The van der Waals surface area contributed by atoms with Crippen LogP contribution in [0.4, 0.5) is 23.0 Å². The van der Waals surface area contributed by atoms with Crippen LogP contribution in [-0.2, 0) is 9.59 Å². The Morgan fingerprint density at radius 2 is 1.52 bits per heavy atom. The fraction of sp³-hybridized carbons (Fsp3) is 0.588. The van der Waals surface area contributed by atoms with Crippen molar-refractivity contribution in [3.05, 3.63) is 70.6 Å². The molecular weight excluding hydrogens is 789 g/mol. The van der Waals surface area contributed by atoms with E-state index in [-0.39, 0.29) is 17.4 Å². The van der Waals surface area contributed by atoms with Crippen molar-refractivity contribution in [1.82, 2.24) is 24.8 Å². The van der Waals surface area contributed by atoms with Crippen molar-refractivity contribution in [2.24, 2.45) is 29.1 Å². The number of anilines is 4. The minimum Gasteiger partial charge on any atom is -0.494 e. The molecule has 2 aromatic heterocycles. The fourth-order valence-electron chi connectivity index (χ4n) is 11.9. The lowest BCUT2D eigenvalue weighted by atomic mass is 9.49. The third-order valence-corrected chi connectivity index (χ3v) is 14.9. The summed E-state index contributed by atoms with van der Waals surface area (Å²) in [6.45, 7) is 7.92. The van der Waals surface area contributed by atoms with Gasteiger partial charge in [0.15, 0.2) is 5.65 Å². The van der Waals surface area contributed by atoms with Gasteiger partial charge in [-0.2, -0.15) is 4.98 Å². The van der Waals surface area contributed by atoms with Gasteiger partial charge in [-0.15, -0.1) is 0 Å². The summed E-state index contributed by atoms with van der Waals surface area (Å²) >= 11 is 0. The van der Waals surface area contributed by atoms with Crippen molar-refractivity contribution < 1.29 is 14.3 Å². The number of hydrogen-bond acceptors (Lipinski definition) is 9. The molecule has 5 aliphatic carbocycles. The van der Waals surface area contributed by atoms with Crippen LogP contribution in [0.1, 0.15) is 115 Å². The van der Waals surface area contributed by atoms with Crippen LogP contribution in [0.5, 0.6) is 5.75 Å². The molecule has 0 atom stereocenters. The molecule has 1 aliphatic heterocycles. The summed E-state index contributed by atoms with van der Waals surface area (Å²) in [5.41, 5.74) is 4.51. The summed E-state index contributed by atoms with van der Waals surface area (Å²) in [5, 5.41) is 10.4. The molecule has 0 spiro atoms. The van der Waals surface area contributed by atoms with E-state index in [0.717, 1.165) is 105 Å². The van der Waals surface area contributed by atoms with Crippen LogP contribution >= 0.6 is 0 Å². The number of pyridine rings is 1. The Morgan fingerprint density at radius 1 is 0.825 bits per heavy atom. The highest BCUT2D eigenvalue weighted by atomic mass is 16.5. The van der Waals surface area contributed by atoms with Crippen molar-refractivity contribution in [3.8, 4) is 11.4 Å². The molecule has 3 N–H and O–H groups in total. The molecule has 6 fully saturated rings. The molecule has 12 nitrogen and oxygen atoms in total. The van der Waals surface area contributed by atoms with Crippen LogP contribution in [-0.4, -0.2) is 77.6 Å². The number of aryl methyl sites for hydroxylation is 1. The second-order valence-corrected chi connectivity index (χ2v) is 19.9. The zero-order chi connectivity index (χ0) is 43.3. The molecule has 336 valence electrons. The van der Waals surface area contributed by atoms with Crippen LogP contribution in [0.25, 0.3) is 16.7 Å². The minimum atomic E-state index is -0.213. The Balaban J connectivity index is 0.684. The van der Waals surface area contributed by atoms with Gasteiger partial charge in [-0.1, -0.05) is 44.6 Å². The van der Waals surface area contributed by atoms with Gasteiger partial charge in [-0.25, -0.2) is 4.98 Å². The predicted octanol–water partition coefficient (Wildman–Crippen LogP) is 9.16. The Morgan fingerprint density at radius 3 is 2.22 bits per heavy atom. The van der Waals surface area contributed by atoms with Gasteiger partial charge in [-0.3, -0.25) is 23.9 Å². The standard InChI is InChI=1S/C51H68N8O4/c1-35-24-47(61)59(42-13-11-12-40(28-42)54-49(62)39-14-15-39)48-43(35)34-53-50(56-48)55-44-17-16-41(29-45(44)63-2)58-22-20-57(21-23-58)19-10-8-6-4-3-5-7-9-18-52-46(60)33-51-30-36-25-37(31-51)27-38(26-36)32-51/h11-13,16-17,24,28-29,34,36-39H,3-10,14-15,18-23,25-27,30-33H2,1-2H3,(H,52,60)(H,54,62)(H,53,55,56). The van der Waals surface area contributed by atoms with E-state index >= 15 is 0 Å². The molecule has 5 saturated carbocycles. The number of aromatic nitrogens is 3. The number of ether oxygens (including phenoxy) is 1. The number of rotatable bonds is 20. The first-order valence-corrected chi connectivity index (χ1v) is 24.2. The number of benzene rings is 2. The number of carbonyl (C=O) groups excluding carboxylic acids is 2. The molecule has 4 aromatic rings. The van der Waals surface area contributed by atoms with Crippen LogP contribution < -0.4 is 31.1 Å². The summed E-state index contributed by atoms with van der Waals surface area (Å²) < 4.78 is 7.43. The average Bonchev–Trinajstić information content (AvgIpc) is 4.12. The highest BCUT2D eigenvalue weighted by molar-refractivity contribution is 5.94. The van der Waals surface area contributed by atoms with Crippen molar-refractivity contribution in [2.75, 3.05) is 61.9 Å². The number of fused-ring (bicyclic) bond motifs is 1. The minimum absolute atomic E-state index is 0.0134. The van der Waals surface area contributed by atoms with Crippen molar-refractivity contribution in [1.29, 1.82) is 0 Å². The first-order chi connectivity index (χ1) is 30.7. The molecule has 12 heteroatoms. The number of carbonyl (C=O) groups is 2. The molecule has 0 unspecified atom stereocenters. The second kappa shape index (κ2) is 19.4. The van der Waals surface area contributed by atoms with Gasteiger partial charge in [0, 0.05) is 80.2 Å². The van der Waals surface area contributed by atoms with E-state index in [2.05, 4.69) is 42.9 Å². The largest absolute Gasteiger partial charge is 0.494 e. The zero-order valence-electron chi connectivity index (χ0n) is 37.6. The van der Waals surface area contributed by atoms with Crippen LogP contribution in [0.2, 0.25) is 0 Å². The van der Waals surface area contributed by atoms with Gasteiger partial charge in [0.25, 0.3) is 5.56 Å². The molecule has 10 rings (SSSR count). The van der Waals surface area contributed by atoms with Gasteiger partial charge in [0.05, 0.1) is 18.5 Å².